The Bertz CT molecular complexity index is 207. The lowest BCUT2D eigenvalue weighted by Crippen LogP contribution is -2.47. The van der Waals surface area contributed by atoms with Crippen molar-refractivity contribution in [1.82, 2.24) is 0 Å². The van der Waals surface area contributed by atoms with Crippen molar-refractivity contribution in [1.29, 1.82) is 0 Å². The predicted molar refractivity (Wildman–Crippen MR) is 68.3 cm³/mol. The van der Waals surface area contributed by atoms with Gasteiger partial charge in [0.15, 0.2) is 5.12 Å². The Morgan fingerprint density at radius 2 is 1.75 bits per heavy atom. The minimum Gasteiger partial charge on any atom is -0.374 e. The summed E-state index contributed by atoms with van der Waals surface area (Å²) in [5.74, 6) is 0. The monoisotopic (exact) mass is 266 g/mol. The molecule has 0 aliphatic rings. The van der Waals surface area contributed by atoms with E-state index in [-0.39, 0.29) is 10.6 Å². The van der Waals surface area contributed by atoms with Crippen LogP contribution in [0.3, 0.4) is 0 Å². The molecular weight excluding hydrogens is 244 g/mol. The first-order valence-electron chi connectivity index (χ1n) is 5.62. The zero-order valence-corrected chi connectivity index (χ0v) is 12.6. The maximum Gasteiger partial charge on any atom is 0.501 e. The average Bonchev–Trinajstić information content (AvgIpc) is 2.16. The van der Waals surface area contributed by atoms with Crippen molar-refractivity contribution in [2.45, 2.75) is 46.1 Å². The predicted octanol–water partition coefficient (Wildman–Crippen LogP) is 2.66. The summed E-state index contributed by atoms with van der Waals surface area (Å²) in [5.41, 5.74) is -0.220. The smallest absolute Gasteiger partial charge is 0.374 e. The number of carbonyl (C=O) groups excluding carboxylic acids is 1. The molecule has 0 rings (SSSR count). The molecule has 6 heteroatoms. The molecule has 0 fully saturated rings. The molecule has 0 N–H and O–H groups in total. The number of hydrogen-bond donors (Lipinski definition) is 0. The third kappa shape index (κ3) is 6.00. The minimum atomic E-state index is -2.57. The topological polar surface area (TPSA) is 44.8 Å². The van der Waals surface area contributed by atoms with Crippen LogP contribution >= 0.6 is 11.8 Å². The van der Waals surface area contributed by atoms with E-state index >= 15 is 0 Å². The van der Waals surface area contributed by atoms with E-state index < -0.39 is 8.80 Å². The second kappa shape index (κ2) is 8.24. The molecule has 0 saturated heterocycles. The van der Waals surface area contributed by atoms with Gasteiger partial charge >= 0.3 is 8.80 Å². The van der Waals surface area contributed by atoms with E-state index in [4.69, 9.17) is 13.3 Å². The fourth-order valence-electron chi connectivity index (χ4n) is 1.35. The Balaban J connectivity index is 4.43. The zero-order chi connectivity index (χ0) is 12.6. The molecule has 1 atom stereocenters. The molecule has 16 heavy (non-hydrogen) atoms. The largest absolute Gasteiger partial charge is 0.501 e. The number of hydrogen-bond acceptors (Lipinski definition) is 5. The van der Waals surface area contributed by atoms with Crippen LogP contribution < -0.4 is 0 Å². The fourth-order valence-corrected chi connectivity index (χ4v) is 4.63. The molecule has 0 aliphatic heterocycles. The first kappa shape index (κ1) is 16.1. The molecule has 96 valence electrons. The maximum atomic E-state index is 11.0. The van der Waals surface area contributed by atoms with Gasteiger partial charge in [0, 0.05) is 26.2 Å². The van der Waals surface area contributed by atoms with Gasteiger partial charge < -0.3 is 13.3 Å². The van der Waals surface area contributed by atoms with Crippen molar-refractivity contribution in [3.63, 3.8) is 0 Å². The summed E-state index contributed by atoms with van der Waals surface area (Å²) in [6, 6.07) is 0.720. The molecule has 0 aromatic carbocycles. The molecule has 4 nitrogen and oxygen atoms in total. The summed E-state index contributed by atoms with van der Waals surface area (Å²) >= 11 is 1.16. The van der Waals surface area contributed by atoms with Gasteiger partial charge in [-0.15, -0.1) is 0 Å². The molecule has 0 aromatic rings. The summed E-state index contributed by atoms with van der Waals surface area (Å²) < 4.78 is 17.1. The van der Waals surface area contributed by atoms with E-state index in [9.17, 15) is 4.79 Å². The minimum absolute atomic E-state index is 0.0412. The standard InChI is InChI=1S/C10H22O4SSi/c1-6-12-16(8-3,13-7-2)14-10(5)15-9(4)11/h10H,6-8H2,1-5H3. The molecule has 0 saturated carbocycles. The summed E-state index contributed by atoms with van der Waals surface area (Å²) in [5, 5.41) is 0.0412. The summed E-state index contributed by atoms with van der Waals surface area (Å²) in [6.45, 7) is 10.3. The van der Waals surface area contributed by atoms with Crippen LogP contribution in [0.2, 0.25) is 6.04 Å². The van der Waals surface area contributed by atoms with E-state index in [1.165, 1.54) is 6.92 Å². The van der Waals surface area contributed by atoms with Gasteiger partial charge in [0.05, 0.1) is 0 Å². The van der Waals surface area contributed by atoms with E-state index in [0.717, 1.165) is 17.8 Å². The van der Waals surface area contributed by atoms with Gasteiger partial charge in [-0.2, -0.15) is 0 Å². The second-order valence-corrected chi connectivity index (χ2v) is 7.56. The maximum absolute atomic E-state index is 11.0. The molecule has 0 radical (unpaired) electrons. The van der Waals surface area contributed by atoms with Crippen LogP contribution in [0, 0.1) is 0 Å². The first-order valence-corrected chi connectivity index (χ1v) is 8.43. The van der Waals surface area contributed by atoms with Crippen LogP contribution in [0.1, 0.15) is 34.6 Å². The highest BCUT2D eigenvalue weighted by atomic mass is 32.2. The van der Waals surface area contributed by atoms with Gasteiger partial charge in [0.25, 0.3) is 0 Å². The van der Waals surface area contributed by atoms with Gasteiger partial charge in [0.2, 0.25) is 0 Å². The Hall–Kier alpha value is 0.117. The quantitative estimate of drug-likeness (QED) is 0.499. The average molecular weight is 266 g/mol. The summed E-state index contributed by atoms with van der Waals surface area (Å²) in [4.78, 5) is 11.0. The number of carbonyl (C=O) groups is 1. The van der Waals surface area contributed by atoms with Crippen LogP contribution in [0.15, 0.2) is 0 Å². The number of rotatable bonds is 8. The lowest BCUT2D eigenvalue weighted by atomic mass is 10.9. The van der Waals surface area contributed by atoms with E-state index in [1.54, 1.807) is 0 Å². The van der Waals surface area contributed by atoms with Gasteiger partial charge in [-0.05, 0) is 20.8 Å². The second-order valence-electron chi connectivity index (χ2n) is 3.20. The van der Waals surface area contributed by atoms with Gasteiger partial charge in [-0.25, -0.2) is 0 Å². The van der Waals surface area contributed by atoms with Gasteiger partial charge in [-0.3, -0.25) is 4.79 Å². The fraction of sp³-hybridized carbons (Fsp3) is 0.900. The highest BCUT2D eigenvalue weighted by molar-refractivity contribution is 8.13. The lowest BCUT2D eigenvalue weighted by molar-refractivity contribution is -0.109. The van der Waals surface area contributed by atoms with E-state index in [2.05, 4.69) is 0 Å². The Kier molecular flexibility index (Phi) is 8.30. The van der Waals surface area contributed by atoms with Crippen molar-refractivity contribution in [3.8, 4) is 0 Å². The normalized spacial score (nSPS) is 13.8. The molecule has 0 amide bonds. The van der Waals surface area contributed by atoms with Crippen LogP contribution in [0.4, 0.5) is 0 Å². The molecule has 0 heterocycles. The highest BCUT2D eigenvalue weighted by Gasteiger charge is 2.40. The molecule has 0 spiro atoms. The Morgan fingerprint density at radius 3 is 2.06 bits per heavy atom. The van der Waals surface area contributed by atoms with Crippen molar-refractivity contribution in [2.24, 2.45) is 0 Å². The van der Waals surface area contributed by atoms with Crippen LogP contribution in [0.25, 0.3) is 0 Å². The Labute approximate surface area is 103 Å². The highest BCUT2D eigenvalue weighted by Crippen LogP contribution is 2.23. The first-order chi connectivity index (χ1) is 7.49. The van der Waals surface area contributed by atoms with Crippen molar-refractivity contribution in [2.75, 3.05) is 13.2 Å². The van der Waals surface area contributed by atoms with E-state index in [0.29, 0.717) is 13.2 Å². The van der Waals surface area contributed by atoms with Crippen LogP contribution in [-0.2, 0) is 18.1 Å². The summed E-state index contributed by atoms with van der Waals surface area (Å²) in [7, 11) is -2.57. The number of thioether (sulfide) groups is 1. The van der Waals surface area contributed by atoms with E-state index in [1.807, 2.05) is 27.7 Å². The lowest BCUT2D eigenvalue weighted by Gasteiger charge is -2.30. The van der Waals surface area contributed by atoms with Crippen molar-refractivity contribution < 1.29 is 18.1 Å². The molecule has 1 unspecified atom stereocenters. The summed E-state index contributed by atoms with van der Waals surface area (Å²) in [6.07, 6.45) is 0. The Morgan fingerprint density at radius 1 is 1.25 bits per heavy atom. The molecule has 0 aromatic heterocycles. The van der Waals surface area contributed by atoms with Gasteiger partial charge in [0.1, 0.15) is 5.44 Å². The zero-order valence-electron chi connectivity index (χ0n) is 10.7. The van der Waals surface area contributed by atoms with Crippen molar-refractivity contribution >= 4 is 25.7 Å². The SMILES string of the molecule is CCO[Si](CC)(OCC)OC(C)SC(C)=O. The molecule has 0 aliphatic carbocycles. The molecular formula is C10H22O4SSi. The van der Waals surface area contributed by atoms with Gasteiger partial charge in [-0.1, -0.05) is 18.7 Å². The van der Waals surface area contributed by atoms with Crippen LogP contribution in [-0.4, -0.2) is 32.6 Å². The molecule has 0 bridgehead atoms. The van der Waals surface area contributed by atoms with Crippen LogP contribution in [0.5, 0.6) is 0 Å². The van der Waals surface area contributed by atoms with Crippen molar-refractivity contribution in [3.05, 3.63) is 0 Å². The third-order valence-corrected chi connectivity index (χ3v) is 5.81. The third-order valence-electron chi connectivity index (χ3n) is 1.84.